The average Bonchev–Trinajstić information content (AvgIpc) is 2.03. The molecule has 1 rings (SSSR count). The number of hydrogen-bond acceptors (Lipinski definition) is 3. The molecule has 1 N–H and O–H groups in total. The van der Waals surface area contributed by atoms with Crippen molar-refractivity contribution in [3.05, 3.63) is 23.9 Å². The van der Waals surface area contributed by atoms with E-state index < -0.39 is 0 Å². The number of ketones is 1. The Balaban J connectivity index is 2.96. The molecule has 0 amide bonds. The van der Waals surface area contributed by atoms with Crippen molar-refractivity contribution in [1.29, 1.82) is 0 Å². The van der Waals surface area contributed by atoms with Gasteiger partial charge in [0, 0.05) is 12.5 Å². The van der Waals surface area contributed by atoms with Gasteiger partial charge in [0.1, 0.15) is 5.69 Å². The lowest BCUT2D eigenvalue weighted by Crippen LogP contribution is -1.98. The number of Topliss-reactive ketones (excluding diaryl/α,β-unsaturated/α-hetero) is 1. The van der Waals surface area contributed by atoms with Crippen LogP contribution in [-0.2, 0) is 0 Å². The molecule has 3 nitrogen and oxygen atoms in total. The highest BCUT2D eigenvalue weighted by Crippen LogP contribution is 2.06. The summed E-state index contributed by atoms with van der Waals surface area (Å²) in [6.45, 7) is 1.76. The van der Waals surface area contributed by atoms with Gasteiger partial charge in [0.2, 0.25) is 5.88 Å². The third kappa shape index (κ3) is 1.77. The molecule has 0 unspecified atom stereocenters. The largest absolute Gasteiger partial charge is 0.493 e. The van der Waals surface area contributed by atoms with Crippen molar-refractivity contribution in [3.8, 4) is 5.88 Å². The van der Waals surface area contributed by atoms with E-state index in [1.807, 2.05) is 0 Å². The van der Waals surface area contributed by atoms with E-state index in [2.05, 4.69) is 4.98 Å². The number of nitrogens with zero attached hydrogens (tertiary/aromatic N) is 1. The zero-order valence-electron chi connectivity index (χ0n) is 6.24. The van der Waals surface area contributed by atoms with Crippen molar-refractivity contribution in [2.24, 2.45) is 0 Å². The second-order valence-corrected chi connectivity index (χ2v) is 2.16. The van der Waals surface area contributed by atoms with E-state index in [4.69, 9.17) is 5.11 Å². The second-order valence-electron chi connectivity index (χ2n) is 2.16. The molecule has 1 aromatic rings. The third-order valence-electron chi connectivity index (χ3n) is 1.34. The smallest absolute Gasteiger partial charge is 0.211 e. The maximum absolute atomic E-state index is 11.0. The van der Waals surface area contributed by atoms with E-state index in [0.717, 1.165) is 0 Å². The number of aromatic nitrogens is 1. The van der Waals surface area contributed by atoms with Gasteiger partial charge in [0.05, 0.1) is 0 Å². The van der Waals surface area contributed by atoms with Gasteiger partial charge in [-0.2, -0.15) is 0 Å². The van der Waals surface area contributed by atoms with E-state index in [0.29, 0.717) is 12.1 Å². The Morgan fingerprint density at radius 3 is 2.91 bits per heavy atom. The number of hydrogen-bond donors (Lipinski definition) is 1. The van der Waals surface area contributed by atoms with Gasteiger partial charge >= 0.3 is 0 Å². The number of pyridine rings is 1. The zero-order chi connectivity index (χ0) is 8.27. The highest BCUT2D eigenvalue weighted by atomic mass is 16.3. The third-order valence-corrected chi connectivity index (χ3v) is 1.34. The van der Waals surface area contributed by atoms with Crippen molar-refractivity contribution in [3.63, 3.8) is 0 Å². The minimum Gasteiger partial charge on any atom is -0.493 e. The summed E-state index contributed by atoms with van der Waals surface area (Å²) in [5, 5.41) is 8.89. The zero-order valence-corrected chi connectivity index (χ0v) is 6.24. The quantitative estimate of drug-likeness (QED) is 0.649. The lowest BCUT2D eigenvalue weighted by molar-refractivity contribution is 0.0982. The van der Waals surface area contributed by atoms with E-state index in [1.54, 1.807) is 19.1 Å². The van der Waals surface area contributed by atoms with Gasteiger partial charge in [-0.1, -0.05) is 13.0 Å². The van der Waals surface area contributed by atoms with Crippen LogP contribution in [0.25, 0.3) is 0 Å². The van der Waals surface area contributed by atoms with E-state index in [-0.39, 0.29) is 11.7 Å². The summed E-state index contributed by atoms with van der Waals surface area (Å²) < 4.78 is 0. The second kappa shape index (κ2) is 3.14. The van der Waals surface area contributed by atoms with E-state index in [9.17, 15) is 4.79 Å². The van der Waals surface area contributed by atoms with Gasteiger partial charge in [-0.25, -0.2) is 4.98 Å². The SMILES string of the molecule is CCC(=O)c1cccc(O)n1. The van der Waals surface area contributed by atoms with Crippen molar-refractivity contribution >= 4 is 5.78 Å². The molecular weight excluding hydrogens is 142 g/mol. The van der Waals surface area contributed by atoms with Crippen LogP contribution in [0.1, 0.15) is 23.8 Å². The summed E-state index contributed by atoms with van der Waals surface area (Å²) >= 11 is 0. The Bertz CT molecular complexity index is 271. The van der Waals surface area contributed by atoms with Crippen LogP contribution in [-0.4, -0.2) is 15.9 Å². The maximum atomic E-state index is 11.0. The van der Waals surface area contributed by atoms with Crippen molar-refractivity contribution in [1.82, 2.24) is 4.98 Å². The molecule has 1 heterocycles. The van der Waals surface area contributed by atoms with Crippen LogP contribution in [0.2, 0.25) is 0 Å². The molecule has 0 aliphatic carbocycles. The van der Waals surface area contributed by atoms with Gasteiger partial charge in [0.15, 0.2) is 5.78 Å². The molecule has 0 spiro atoms. The fraction of sp³-hybridized carbons (Fsp3) is 0.250. The Morgan fingerprint density at radius 2 is 2.36 bits per heavy atom. The standard InChI is InChI=1S/C8H9NO2/c1-2-7(10)6-4-3-5-8(11)9-6/h3-5H,2H2,1H3,(H,9,11). The molecule has 1 aromatic heterocycles. The Morgan fingerprint density at radius 1 is 1.64 bits per heavy atom. The molecule has 0 saturated heterocycles. The van der Waals surface area contributed by atoms with Crippen LogP contribution >= 0.6 is 0 Å². The highest BCUT2D eigenvalue weighted by molar-refractivity contribution is 5.94. The fourth-order valence-electron chi connectivity index (χ4n) is 0.760. The van der Waals surface area contributed by atoms with Crippen LogP contribution < -0.4 is 0 Å². The molecule has 3 heteroatoms. The van der Waals surface area contributed by atoms with Crippen LogP contribution in [0, 0.1) is 0 Å². The molecule has 58 valence electrons. The monoisotopic (exact) mass is 151 g/mol. The number of carbonyl (C=O) groups excluding carboxylic acids is 1. The first-order valence-electron chi connectivity index (χ1n) is 3.43. The number of rotatable bonds is 2. The Kier molecular flexibility index (Phi) is 2.21. The molecule has 0 fully saturated rings. The lowest BCUT2D eigenvalue weighted by Gasteiger charge is -1.95. The minimum atomic E-state index is -0.107. The van der Waals surface area contributed by atoms with Crippen LogP contribution in [0.15, 0.2) is 18.2 Å². The van der Waals surface area contributed by atoms with Gasteiger partial charge in [-0.3, -0.25) is 4.79 Å². The molecule has 0 aromatic carbocycles. The topological polar surface area (TPSA) is 50.2 Å². The predicted molar refractivity (Wildman–Crippen MR) is 40.5 cm³/mol. The maximum Gasteiger partial charge on any atom is 0.211 e. The van der Waals surface area contributed by atoms with Crippen LogP contribution in [0.3, 0.4) is 0 Å². The summed E-state index contributed by atoms with van der Waals surface area (Å²) in [5.74, 6) is -0.162. The molecule has 0 atom stereocenters. The molecule has 0 aliphatic heterocycles. The number of aromatic hydroxyl groups is 1. The van der Waals surface area contributed by atoms with Gasteiger partial charge in [-0.15, -0.1) is 0 Å². The van der Waals surface area contributed by atoms with Gasteiger partial charge in [0.25, 0.3) is 0 Å². The van der Waals surface area contributed by atoms with Crippen LogP contribution in [0.4, 0.5) is 0 Å². The van der Waals surface area contributed by atoms with Gasteiger partial charge in [-0.05, 0) is 6.07 Å². The Hall–Kier alpha value is -1.38. The number of carbonyl (C=O) groups is 1. The lowest BCUT2D eigenvalue weighted by atomic mass is 10.2. The molecule has 11 heavy (non-hydrogen) atoms. The van der Waals surface area contributed by atoms with Crippen molar-refractivity contribution < 1.29 is 9.90 Å². The normalized spacial score (nSPS) is 9.55. The van der Waals surface area contributed by atoms with Crippen LogP contribution in [0.5, 0.6) is 5.88 Å². The fourth-order valence-corrected chi connectivity index (χ4v) is 0.760. The first-order valence-corrected chi connectivity index (χ1v) is 3.43. The van der Waals surface area contributed by atoms with E-state index >= 15 is 0 Å². The summed E-state index contributed by atoms with van der Waals surface area (Å²) in [6.07, 6.45) is 0.413. The van der Waals surface area contributed by atoms with Gasteiger partial charge < -0.3 is 5.11 Å². The first kappa shape index (κ1) is 7.72. The molecule has 0 bridgehead atoms. The van der Waals surface area contributed by atoms with E-state index in [1.165, 1.54) is 6.07 Å². The Labute approximate surface area is 64.7 Å². The molecule has 0 saturated carbocycles. The highest BCUT2D eigenvalue weighted by Gasteiger charge is 2.03. The van der Waals surface area contributed by atoms with Crippen molar-refractivity contribution in [2.75, 3.05) is 0 Å². The predicted octanol–water partition coefficient (Wildman–Crippen LogP) is 1.38. The average molecular weight is 151 g/mol. The summed E-state index contributed by atoms with van der Waals surface area (Å²) in [6, 6.07) is 4.63. The molecule has 0 aliphatic rings. The summed E-state index contributed by atoms with van der Waals surface area (Å²) in [4.78, 5) is 14.6. The first-order chi connectivity index (χ1) is 5.24. The van der Waals surface area contributed by atoms with Crippen molar-refractivity contribution in [2.45, 2.75) is 13.3 Å². The molecular formula is C8H9NO2. The molecule has 0 radical (unpaired) electrons. The minimum absolute atomic E-state index is 0.0547. The summed E-state index contributed by atoms with van der Waals surface area (Å²) in [5.41, 5.74) is 0.326. The summed E-state index contributed by atoms with van der Waals surface area (Å²) in [7, 11) is 0.